The van der Waals surface area contributed by atoms with Gasteiger partial charge < -0.3 is 9.88 Å². The van der Waals surface area contributed by atoms with Gasteiger partial charge in [-0.15, -0.1) is 0 Å². The molecule has 5 rings (SSSR count). The molecule has 2 aliphatic heterocycles. The highest BCUT2D eigenvalue weighted by atomic mass is 16.2. The van der Waals surface area contributed by atoms with E-state index < -0.39 is 0 Å². The van der Waals surface area contributed by atoms with E-state index in [1.807, 2.05) is 60.5 Å². The van der Waals surface area contributed by atoms with Gasteiger partial charge in [-0.1, -0.05) is 36.4 Å². The molecular formula is C23H24N4O2. The van der Waals surface area contributed by atoms with Crippen molar-refractivity contribution in [3.63, 3.8) is 0 Å². The number of amides is 2. The van der Waals surface area contributed by atoms with Crippen LogP contribution in [-0.2, 0) is 16.0 Å². The average molecular weight is 388 g/mol. The van der Waals surface area contributed by atoms with E-state index in [9.17, 15) is 9.59 Å². The van der Waals surface area contributed by atoms with Gasteiger partial charge in [-0.25, -0.2) is 10.4 Å². The fraction of sp³-hybridized carbons (Fsp3) is 0.304. The normalized spacial score (nSPS) is 24.4. The van der Waals surface area contributed by atoms with Crippen molar-refractivity contribution < 1.29 is 9.59 Å². The Bertz CT molecular complexity index is 1060. The second-order valence-electron chi connectivity index (χ2n) is 7.91. The van der Waals surface area contributed by atoms with Gasteiger partial charge in [-0.3, -0.25) is 9.59 Å². The zero-order valence-corrected chi connectivity index (χ0v) is 16.3. The molecule has 6 heteroatoms. The lowest BCUT2D eigenvalue weighted by Crippen LogP contribution is -2.55. The highest BCUT2D eigenvalue weighted by Crippen LogP contribution is 2.33. The van der Waals surface area contributed by atoms with Crippen LogP contribution in [-0.4, -0.2) is 40.3 Å². The fourth-order valence-electron chi connectivity index (χ4n) is 4.76. The van der Waals surface area contributed by atoms with Gasteiger partial charge in [0, 0.05) is 42.1 Å². The predicted molar refractivity (Wildman–Crippen MR) is 112 cm³/mol. The van der Waals surface area contributed by atoms with Crippen LogP contribution < -0.4 is 10.4 Å². The van der Waals surface area contributed by atoms with Crippen LogP contribution >= 0.6 is 0 Å². The van der Waals surface area contributed by atoms with E-state index in [1.54, 1.807) is 5.01 Å². The van der Waals surface area contributed by atoms with E-state index >= 15 is 0 Å². The van der Waals surface area contributed by atoms with E-state index in [2.05, 4.69) is 22.5 Å². The van der Waals surface area contributed by atoms with E-state index in [0.717, 1.165) is 17.6 Å². The minimum Gasteiger partial charge on any atom is -0.361 e. The molecule has 6 nitrogen and oxygen atoms in total. The van der Waals surface area contributed by atoms with E-state index in [4.69, 9.17) is 0 Å². The lowest BCUT2D eigenvalue weighted by Gasteiger charge is -2.39. The first kappa shape index (κ1) is 17.9. The minimum absolute atomic E-state index is 0.0401. The monoisotopic (exact) mass is 388 g/mol. The molecule has 3 aromatic rings. The summed E-state index contributed by atoms with van der Waals surface area (Å²) in [6, 6.07) is 17.5. The number of likely N-dealkylation sites (tertiary alicyclic amines) is 1. The average Bonchev–Trinajstić information content (AvgIpc) is 3.29. The molecule has 3 heterocycles. The molecule has 2 aromatic carbocycles. The summed E-state index contributed by atoms with van der Waals surface area (Å²) < 4.78 is 0. The van der Waals surface area contributed by atoms with Gasteiger partial charge >= 0.3 is 0 Å². The minimum atomic E-state index is -0.226. The lowest BCUT2D eigenvalue weighted by molar-refractivity contribution is -0.140. The molecule has 0 saturated carbocycles. The number of rotatable bonds is 4. The third-order valence-corrected chi connectivity index (χ3v) is 6.27. The quantitative estimate of drug-likeness (QED) is 0.722. The molecule has 2 amide bonds. The highest BCUT2D eigenvalue weighted by molar-refractivity contribution is 5.99. The number of para-hydroxylation sites is 2. The van der Waals surface area contributed by atoms with Gasteiger partial charge in [0.15, 0.2) is 0 Å². The molecule has 29 heavy (non-hydrogen) atoms. The number of anilines is 1. The number of nitrogens with one attached hydrogen (secondary N) is 2. The van der Waals surface area contributed by atoms with Crippen molar-refractivity contribution >= 4 is 28.4 Å². The maximum Gasteiger partial charge on any atom is 0.248 e. The van der Waals surface area contributed by atoms with Gasteiger partial charge in [0.2, 0.25) is 11.8 Å². The predicted octanol–water partition coefficient (Wildman–Crippen LogP) is 2.87. The summed E-state index contributed by atoms with van der Waals surface area (Å²) in [6.07, 6.45) is 3.13. The number of aromatic amines is 1. The third-order valence-electron chi connectivity index (χ3n) is 6.27. The maximum atomic E-state index is 13.1. The number of fused-ring (bicyclic) bond motifs is 2. The van der Waals surface area contributed by atoms with Crippen LogP contribution in [0.3, 0.4) is 0 Å². The first-order valence-corrected chi connectivity index (χ1v) is 10.1. The third kappa shape index (κ3) is 3.00. The van der Waals surface area contributed by atoms with E-state index in [-0.39, 0.29) is 29.8 Å². The molecule has 0 aliphatic carbocycles. The summed E-state index contributed by atoms with van der Waals surface area (Å²) in [6.45, 7) is 2.61. The molecule has 0 radical (unpaired) electrons. The van der Waals surface area contributed by atoms with Crippen molar-refractivity contribution in [3.8, 4) is 0 Å². The zero-order valence-electron chi connectivity index (χ0n) is 16.3. The van der Waals surface area contributed by atoms with Crippen LogP contribution in [0, 0.1) is 5.92 Å². The van der Waals surface area contributed by atoms with Gasteiger partial charge in [-0.2, -0.15) is 0 Å². The Balaban J connectivity index is 1.34. The lowest BCUT2D eigenvalue weighted by atomic mass is 9.86. The molecular weight excluding hydrogens is 364 g/mol. The number of aromatic nitrogens is 1. The summed E-state index contributed by atoms with van der Waals surface area (Å²) in [5.41, 5.74) is 6.39. The van der Waals surface area contributed by atoms with E-state index in [1.165, 1.54) is 10.9 Å². The van der Waals surface area contributed by atoms with Crippen molar-refractivity contribution in [2.24, 2.45) is 5.92 Å². The van der Waals surface area contributed by atoms with Gasteiger partial charge in [0.05, 0.1) is 11.6 Å². The first-order chi connectivity index (χ1) is 14.1. The number of nitrogens with zero attached hydrogens (tertiary/aromatic N) is 2. The number of hydrogen-bond donors (Lipinski definition) is 2. The van der Waals surface area contributed by atoms with Crippen molar-refractivity contribution in [1.29, 1.82) is 0 Å². The number of benzene rings is 2. The van der Waals surface area contributed by atoms with Crippen molar-refractivity contribution in [2.75, 3.05) is 11.6 Å². The summed E-state index contributed by atoms with van der Waals surface area (Å²) in [7, 11) is 0. The van der Waals surface area contributed by atoms with Crippen LogP contribution in [0.4, 0.5) is 5.69 Å². The van der Waals surface area contributed by atoms with Crippen LogP contribution in [0.2, 0.25) is 0 Å². The molecule has 0 spiro atoms. The zero-order chi connectivity index (χ0) is 20.0. The standard InChI is InChI=1S/C23H24N4O2/c1-15-22-20(25-27(23(22)29)17-7-3-2-4-8-17)13-21(28)26(15)12-11-16-14-24-19-10-6-5-9-18(16)19/h2-10,14-15,20,22,24-25H,11-13H2,1H3. The molecule has 2 fully saturated rings. The number of H-pyrrole nitrogens is 1. The Morgan fingerprint density at radius 1 is 1.03 bits per heavy atom. The summed E-state index contributed by atoms with van der Waals surface area (Å²) >= 11 is 0. The SMILES string of the molecule is CC1C2C(=O)N(c3ccccc3)NC2CC(=O)N1CCc1c[nH]c2ccccc12. The molecule has 1 aromatic heterocycles. The van der Waals surface area contributed by atoms with Crippen LogP contribution in [0.1, 0.15) is 18.9 Å². The van der Waals surface area contributed by atoms with Gasteiger partial charge in [0.1, 0.15) is 0 Å². The molecule has 3 atom stereocenters. The Hall–Kier alpha value is -3.12. The van der Waals surface area contributed by atoms with Crippen LogP contribution in [0.5, 0.6) is 0 Å². The molecule has 0 bridgehead atoms. The van der Waals surface area contributed by atoms with Gasteiger partial charge in [-0.05, 0) is 37.1 Å². The Kier molecular flexibility index (Phi) is 4.36. The molecule has 2 N–H and O–H groups in total. The van der Waals surface area contributed by atoms with Crippen molar-refractivity contribution in [2.45, 2.75) is 31.8 Å². The van der Waals surface area contributed by atoms with Crippen LogP contribution in [0.25, 0.3) is 10.9 Å². The van der Waals surface area contributed by atoms with Crippen molar-refractivity contribution in [1.82, 2.24) is 15.3 Å². The fourth-order valence-corrected chi connectivity index (χ4v) is 4.76. The second kappa shape index (κ2) is 7.04. The number of piperidine rings is 1. The number of hydrazine groups is 1. The number of carbonyl (C=O) groups excluding carboxylic acids is 2. The van der Waals surface area contributed by atoms with Crippen LogP contribution in [0.15, 0.2) is 60.8 Å². The highest BCUT2D eigenvalue weighted by Gasteiger charge is 2.50. The largest absolute Gasteiger partial charge is 0.361 e. The molecule has 3 unspecified atom stereocenters. The second-order valence-corrected chi connectivity index (χ2v) is 7.91. The topological polar surface area (TPSA) is 68.4 Å². The van der Waals surface area contributed by atoms with Crippen molar-refractivity contribution in [3.05, 3.63) is 66.4 Å². The summed E-state index contributed by atoms with van der Waals surface area (Å²) in [5.74, 6) is -0.0806. The summed E-state index contributed by atoms with van der Waals surface area (Å²) in [4.78, 5) is 31.2. The molecule has 2 saturated heterocycles. The molecule has 148 valence electrons. The van der Waals surface area contributed by atoms with Gasteiger partial charge in [0.25, 0.3) is 0 Å². The maximum absolute atomic E-state index is 13.1. The Morgan fingerprint density at radius 3 is 2.62 bits per heavy atom. The summed E-state index contributed by atoms with van der Waals surface area (Å²) in [5, 5.41) is 2.80. The first-order valence-electron chi connectivity index (χ1n) is 10.1. The number of hydrogen-bond acceptors (Lipinski definition) is 3. The Morgan fingerprint density at radius 2 is 1.79 bits per heavy atom. The smallest absolute Gasteiger partial charge is 0.248 e. The Labute approximate surface area is 169 Å². The molecule has 2 aliphatic rings. The van der Waals surface area contributed by atoms with E-state index in [0.29, 0.717) is 13.0 Å². The number of carbonyl (C=O) groups is 2.